The summed E-state index contributed by atoms with van der Waals surface area (Å²) in [6.07, 6.45) is 0. The van der Waals surface area contributed by atoms with Gasteiger partial charge in [-0.05, 0) is 23.8 Å². The van der Waals surface area contributed by atoms with Gasteiger partial charge in [0.25, 0.3) is 0 Å². The van der Waals surface area contributed by atoms with Gasteiger partial charge in [-0.15, -0.1) is 0 Å². The monoisotopic (exact) mass is 254 g/mol. The molecule has 0 radical (unpaired) electrons. The van der Waals surface area contributed by atoms with Crippen molar-refractivity contribution in [1.29, 1.82) is 0 Å². The Morgan fingerprint density at radius 3 is 2.58 bits per heavy atom. The fraction of sp³-hybridized carbons (Fsp3) is 0.0667. The largest absolute Gasteiger partial charge is 0.348 e. The highest BCUT2D eigenvalue weighted by molar-refractivity contribution is 5.92. The Bertz CT molecular complexity index is 809. The highest BCUT2D eigenvalue weighted by Crippen LogP contribution is 2.26. The molecule has 0 fully saturated rings. The van der Waals surface area contributed by atoms with Gasteiger partial charge in [-0.1, -0.05) is 30.3 Å². The first-order chi connectivity index (χ1) is 9.16. The quantitative estimate of drug-likeness (QED) is 0.669. The van der Waals surface area contributed by atoms with Crippen molar-refractivity contribution in [3.63, 3.8) is 0 Å². The standard InChI is InChI=1S/C15H11FN2O/c1-18-14(10-5-3-2-4-6-10)12-9-11(16)7-8-13(12)17-15(18)19/h2-9H,1H3. The van der Waals surface area contributed by atoms with Gasteiger partial charge in [0.15, 0.2) is 0 Å². The molecule has 19 heavy (non-hydrogen) atoms. The van der Waals surface area contributed by atoms with Crippen molar-refractivity contribution in [3.8, 4) is 11.3 Å². The van der Waals surface area contributed by atoms with Crippen LogP contribution in [0.2, 0.25) is 0 Å². The van der Waals surface area contributed by atoms with E-state index < -0.39 is 0 Å². The minimum Gasteiger partial charge on any atom is -0.294 e. The molecule has 3 aromatic rings. The van der Waals surface area contributed by atoms with E-state index >= 15 is 0 Å². The summed E-state index contributed by atoms with van der Waals surface area (Å²) in [6.45, 7) is 0. The SMILES string of the molecule is Cn1c(-c2ccccc2)c2cc(F)ccc2nc1=O. The summed E-state index contributed by atoms with van der Waals surface area (Å²) >= 11 is 0. The topological polar surface area (TPSA) is 34.9 Å². The first-order valence-corrected chi connectivity index (χ1v) is 5.88. The van der Waals surface area contributed by atoms with Gasteiger partial charge >= 0.3 is 5.69 Å². The van der Waals surface area contributed by atoms with E-state index in [-0.39, 0.29) is 11.5 Å². The molecule has 0 aliphatic carbocycles. The summed E-state index contributed by atoms with van der Waals surface area (Å²) in [5.74, 6) is -0.342. The number of hydrogen-bond acceptors (Lipinski definition) is 2. The van der Waals surface area contributed by atoms with E-state index in [0.717, 1.165) is 5.56 Å². The lowest BCUT2D eigenvalue weighted by molar-refractivity contribution is 0.629. The lowest BCUT2D eigenvalue weighted by Gasteiger charge is -2.11. The van der Waals surface area contributed by atoms with E-state index in [0.29, 0.717) is 16.6 Å². The number of halogens is 1. The maximum Gasteiger partial charge on any atom is 0.348 e. The van der Waals surface area contributed by atoms with Crippen LogP contribution in [-0.4, -0.2) is 9.55 Å². The van der Waals surface area contributed by atoms with E-state index in [1.54, 1.807) is 7.05 Å². The molecule has 0 saturated carbocycles. The van der Waals surface area contributed by atoms with Crippen molar-refractivity contribution in [2.45, 2.75) is 0 Å². The molecule has 0 aliphatic rings. The Morgan fingerprint density at radius 2 is 1.84 bits per heavy atom. The van der Waals surface area contributed by atoms with Crippen molar-refractivity contribution in [2.75, 3.05) is 0 Å². The molecule has 4 heteroatoms. The van der Waals surface area contributed by atoms with Gasteiger partial charge < -0.3 is 0 Å². The van der Waals surface area contributed by atoms with Crippen LogP contribution in [0.3, 0.4) is 0 Å². The van der Waals surface area contributed by atoms with Gasteiger partial charge in [-0.3, -0.25) is 4.57 Å². The van der Waals surface area contributed by atoms with Gasteiger partial charge in [-0.25, -0.2) is 9.18 Å². The number of rotatable bonds is 1. The molecule has 0 amide bonds. The average molecular weight is 254 g/mol. The highest BCUT2D eigenvalue weighted by Gasteiger charge is 2.11. The van der Waals surface area contributed by atoms with Crippen LogP contribution >= 0.6 is 0 Å². The van der Waals surface area contributed by atoms with Gasteiger partial charge in [0.2, 0.25) is 0 Å². The van der Waals surface area contributed by atoms with Crippen LogP contribution < -0.4 is 5.69 Å². The fourth-order valence-corrected chi connectivity index (χ4v) is 2.19. The van der Waals surface area contributed by atoms with Crippen LogP contribution in [0.25, 0.3) is 22.2 Å². The van der Waals surface area contributed by atoms with Crippen molar-refractivity contribution >= 4 is 10.9 Å². The fourth-order valence-electron chi connectivity index (χ4n) is 2.19. The summed E-state index contributed by atoms with van der Waals surface area (Å²) in [7, 11) is 1.64. The minimum absolute atomic E-state index is 0.342. The number of nitrogens with zero attached hydrogens (tertiary/aromatic N) is 2. The molecule has 94 valence electrons. The lowest BCUT2D eigenvalue weighted by atomic mass is 10.1. The Kier molecular flexibility index (Phi) is 2.63. The van der Waals surface area contributed by atoms with Crippen molar-refractivity contribution in [1.82, 2.24) is 9.55 Å². The number of fused-ring (bicyclic) bond motifs is 1. The second kappa shape index (κ2) is 4.31. The highest BCUT2D eigenvalue weighted by atomic mass is 19.1. The first-order valence-electron chi connectivity index (χ1n) is 5.88. The molecular formula is C15H11FN2O. The molecule has 0 unspecified atom stereocenters. The van der Waals surface area contributed by atoms with E-state index in [2.05, 4.69) is 4.98 Å². The summed E-state index contributed by atoms with van der Waals surface area (Å²) in [6, 6.07) is 13.7. The van der Waals surface area contributed by atoms with Crippen molar-refractivity contribution in [2.24, 2.45) is 7.05 Å². The zero-order valence-corrected chi connectivity index (χ0v) is 10.3. The van der Waals surface area contributed by atoms with Gasteiger partial charge in [0, 0.05) is 12.4 Å². The molecule has 2 aromatic carbocycles. The third kappa shape index (κ3) is 1.91. The summed E-state index contributed by atoms with van der Waals surface area (Å²) in [4.78, 5) is 15.8. The predicted molar refractivity (Wildman–Crippen MR) is 72.4 cm³/mol. The molecule has 1 aromatic heterocycles. The average Bonchev–Trinajstić information content (AvgIpc) is 2.42. The van der Waals surface area contributed by atoms with Crippen LogP contribution in [0.1, 0.15) is 0 Å². The van der Waals surface area contributed by atoms with Crippen LogP contribution in [0.4, 0.5) is 4.39 Å². The normalized spacial score (nSPS) is 10.8. The van der Waals surface area contributed by atoms with E-state index in [9.17, 15) is 9.18 Å². The number of hydrogen-bond donors (Lipinski definition) is 0. The third-order valence-corrected chi connectivity index (χ3v) is 3.10. The molecule has 0 bridgehead atoms. The summed E-state index contributed by atoms with van der Waals surface area (Å²) < 4.78 is 14.9. The van der Waals surface area contributed by atoms with Crippen LogP contribution in [0.15, 0.2) is 53.3 Å². The second-order valence-corrected chi connectivity index (χ2v) is 4.33. The Morgan fingerprint density at radius 1 is 1.11 bits per heavy atom. The van der Waals surface area contributed by atoms with Crippen molar-refractivity contribution < 1.29 is 4.39 Å². The third-order valence-electron chi connectivity index (χ3n) is 3.10. The smallest absolute Gasteiger partial charge is 0.294 e. The second-order valence-electron chi connectivity index (χ2n) is 4.33. The molecule has 1 heterocycles. The van der Waals surface area contributed by atoms with E-state index in [4.69, 9.17) is 0 Å². The zero-order valence-electron chi connectivity index (χ0n) is 10.3. The van der Waals surface area contributed by atoms with Crippen LogP contribution in [-0.2, 0) is 7.05 Å². The molecule has 0 N–H and O–H groups in total. The van der Waals surface area contributed by atoms with E-state index in [1.165, 1.54) is 22.8 Å². The summed E-state index contributed by atoms with van der Waals surface area (Å²) in [5, 5.41) is 0.633. The van der Waals surface area contributed by atoms with Gasteiger partial charge in [0.1, 0.15) is 5.82 Å². The molecular weight excluding hydrogens is 243 g/mol. The molecule has 3 rings (SSSR count). The lowest BCUT2D eigenvalue weighted by Crippen LogP contribution is -2.21. The Balaban J connectivity index is 2.48. The summed E-state index contributed by atoms with van der Waals surface area (Å²) in [5.41, 5.74) is 1.69. The maximum absolute atomic E-state index is 13.4. The number of aromatic nitrogens is 2. The molecule has 0 aliphatic heterocycles. The molecule has 0 atom stereocenters. The Hall–Kier alpha value is -2.49. The molecule has 3 nitrogen and oxygen atoms in total. The predicted octanol–water partition coefficient (Wildman–Crippen LogP) is 2.74. The zero-order chi connectivity index (χ0) is 13.4. The number of benzene rings is 2. The Labute approximate surface area is 109 Å². The molecule has 0 spiro atoms. The van der Waals surface area contributed by atoms with Crippen LogP contribution in [0.5, 0.6) is 0 Å². The maximum atomic E-state index is 13.4. The molecule has 0 saturated heterocycles. The first kappa shape index (κ1) is 11.6. The van der Waals surface area contributed by atoms with E-state index in [1.807, 2.05) is 30.3 Å². The van der Waals surface area contributed by atoms with Crippen molar-refractivity contribution in [3.05, 3.63) is 64.8 Å². The van der Waals surface area contributed by atoms with Gasteiger partial charge in [-0.2, -0.15) is 4.98 Å². The minimum atomic E-state index is -0.349. The van der Waals surface area contributed by atoms with Gasteiger partial charge in [0.05, 0.1) is 11.2 Å². The van der Waals surface area contributed by atoms with Crippen LogP contribution in [0, 0.1) is 5.82 Å².